The van der Waals surface area contributed by atoms with Crippen LogP contribution in [0.1, 0.15) is 16.3 Å². The molecule has 3 heterocycles. The van der Waals surface area contributed by atoms with E-state index in [2.05, 4.69) is 20.6 Å². The molecule has 2 aromatic carbocycles. The van der Waals surface area contributed by atoms with Gasteiger partial charge < -0.3 is 4.42 Å². The molecule has 0 saturated carbocycles. The number of hydrogen-bond acceptors (Lipinski definition) is 7. The lowest BCUT2D eigenvalue weighted by Gasteiger charge is -2.01. The molecular weight excluding hydrogens is 450 g/mol. The molecule has 0 aliphatic rings. The lowest BCUT2D eigenvalue weighted by atomic mass is 10.1. The number of amides is 1. The minimum atomic E-state index is -0.505. The predicted molar refractivity (Wildman–Crippen MR) is 131 cm³/mol. The van der Waals surface area contributed by atoms with E-state index in [1.165, 1.54) is 17.6 Å². The highest BCUT2D eigenvalue weighted by Crippen LogP contribution is 2.23. The molecule has 0 aliphatic heterocycles. The third kappa shape index (κ3) is 4.55. The number of carbonyl (C=O) groups excluding carboxylic acids is 1. The number of carbonyl (C=O) groups is 1. The zero-order chi connectivity index (χ0) is 23.5. The Kier molecular flexibility index (Phi) is 5.84. The van der Waals surface area contributed by atoms with E-state index in [-0.39, 0.29) is 12.3 Å². The third-order valence-corrected chi connectivity index (χ3v) is 5.88. The van der Waals surface area contributed by atoms with Gasteiger partial charge in [0, 0.05) is 22.5 Å². The summed E-state index contributed by atoms with van der Waals surface area (Å²) in [6, 6.07) is 18.5. The SMILES string of the molecule is Cc1nc(CC(=O)NN=Cc2cn(-c3ccccc3)nc2-c2cc3ccccc3oc2=O)cs1. The van der Waals surface area contributed by atoms with Crippen molar-refractivity contribution in [3.05, 3.63) is 98.9 Å². The van der Waals surface area contributed by atoms with Gasteiger partial charge in [-0.25, -0.2) is 19.9 Å². The Morgan fingerprint density at radius 2 is 1.97 bits per heavy atom. The van der Waals surface area contributed by atoms with E-state index in [1.54, 1.807) is 23.0 Å². The summed E-state index contributed by atoms with van der Waals surface area (Å²) in [4.78, 5) is 29.3. The number of nitrogens with zero attached hydrogens (tertiary/aromatic N) is 4. The number of hydrazone groups is 1. The van der Waals surface area contributed by atoms with Crippen LogP contribution in [0.2, 0.25) is 0 Å². The van der Waals surface area contributed by atoms with Gasteiger partial charge in [0.1, 0.15) is 11.3 Å². The Bertz CT molecular complexity index is 1570. The zero-order valence-corrected chi connectivity index (χ0v) is 19.0. The van der Waals surface area contributed by atoms with E-state index in [1.807, 2.05) is 60.8 Å². The molecule has 1 N–H and O–H groups in total. The molecular formula is C25H19N5O3S. The molecule has 0 spiro atoms. The molecule has 168 valence electrons. The van der Waals surface area contributed by atoms with Gasteiger partial charge in [-0.2, -0.15) is 10.2 Å². The summed E-state index contributed by atoms with van der Waals surface area (Å²) < 4.78 is 7.16. The molecule has 9 heteroatoms. The molecule has 0 unspecified atom stereocenters. The molecule has 3 aromatic heterocycles. The monoisotopic (exact) mass is 469 g/mol. The average molecular weight is 470 g/mol. The lowest BCUT2D eigenvalue weighted by molar-refractivity contribution is -0.120. The fraction of sp³-hybridized carbons (Fsp3) is 0.0800. The van der Waals surface area contributed by atoms with E-state index < -0.39 is 5.63 Å². The van der Waals surface area contributed by atoms with Crippen molar-refractivity contribution < 1.29 is 9.21 Å². The van der Waals surface area contributed by atoms with Crippen molar-refractivity contribution in [1.29, 1.82) is 0 Å². The minimum absolute atomic E-state index is 0.131. The summed E-state index contributed by atoms with van der Waals surface area (Å²) in [6.45, 7) is 1.89. The molecule has 0 atom stereocenters. The Morgan fingerprint density at radius 3 is 2.76 bits per heavy atom. The molecule has 0 saturated heterocycles. The first-order valence-corrected chi connectivity index (χ1v) is 11.4. The fourth-order valence-corrected chi connectivity index (χ4v) is 4.11. The maximum absolute atomic E-state index is 12.8. The summed E-state index contributed by atoms with van der Waals surface area (Å²) in [5.74, 6) is -0.288. The lowest BCUT2D eigenvalue weighted by Crippen LogP contribution is -2.20. The van der Waals surface area contributed by atoms with Crippen LogP contribution in [0.25, 0.3) is 27.9 Å². The van der Waals surface area contributed by atoms with Crippen LogP contribution in [0, 0.1) is 6.92 Å². The quantitative estimate of drug-likeness (QED) is 0.229. The fourth-order valence-electron chi connectivity index (χ4n) is 3.50. The first-order chi connectivity index (χ1) is 16.6. The number of para-hydroxylation sites is 2. The molecule has 1 amide bonds. The molecule has 0 fully saturated rings. The third-order valence-electron chi connectivity index (χ3n) is 5.06. The Labute approximate surface area is 198 Å². The van der Waals surface area contributed by atoms with Gasteiger partial charge in [-0.1, -0.05) is 36.4 Å². The first kappa shape index (κ1) is 21.5. The highest BCUT2D eigenvalue weighted by molar-refractivity contribution is 7.09. The molecule has 0 radical (unpaired) electrons. The van der Waals surface area contributed by atoms with Gasteiger partial charge in [0.25, 0.3) is 0 Å². The molecule has 5 aromatic rings. The van der Waals surface area contributed by atoms with E-state index in [4.69, 9.17) is 4.42 Å². The second kappa shape index (κ2) is 9.24. The van der Waals surface area contributed by atoms with Crippen molar-refractivity contribution in [2.75, 3.05) is 0 Å². The van der Waals surface area contributed by atoms with Crippen LogP contribution in [-0.4, -0.2) is 26.9 Å². The van der Waals surface area contributed by atoms with Crippen molar-refractivity contribution >= 4 is 34.4 Å². The summed E-state index contributed by atoms with van der Waals surface area (Å²) in [6.07, 6.45) is 3.35. The number of aryl methyl sites for hydroxylation is 1. The summed E-state index contributed by atoms with van der Waals surface area (Å²) in [7, 11) is 0. The number of thiazole rings is 1. The number of hydrogen-bond donors (Lipinski definition) is 1. The van der Waals surface area contributed by atoms with Crippen molar-refractivity contribution in [3.63, 3.8) is 0 Å². The first-order valence-electron chi connectivity index (χ1n) is 10.5. The van der Waals surface area contributed by atoms with Crippen LogP contribution < -0.4 is 11.1 Å². The van der Waals surface area contributed by atoms with Gasteiger partial charge in [0.15, 0.2) is 0 Å². The van der Waals surface area contributed by atoms with Crippen molar-refractivity contribution in [3.8, 4) is 16.9 Å². The molecule has 5 rings (SSSR count). The van der Waals surface area contributed by atoms with Crippen LogP contribution >= 0.6 is 11.3 Å². The maximum atomic E-state index is 12.8. The zero-order valence-electron chi connectivity index (χ0n) is 18.1. The second-order valence-electron chi connectivity index (χ2n) is 7.53. The van der Waals surface area contributed by atoms with E-state index >= 15 is 0 Å². The standard InChI is InChI=1S/C25H19N5O3S/c1-16-27-19(15-34-16)12-23(31)28-26-13-18-14-30(20-8-3-2-4-9-20)29-24(18)21-11-17-7-5-6-10-22(17)33-25(21)32/h2-11,13-15H,12H2,1H3,(H,28,31). The smallest absolute Gasteiger partial charge is 0.345 e. The normalized spacial score (nSPS) is 11.3. The average Bonchev–Trinajstić information content (AvgIpc) is 3.45. The van der Waals surface area contributed by atoms with Gasteiger partial charge in [-0.3, -0.25) is 4.79 Å². The Balaban J connectivity index is 1.49. The van der Waals surface area contributed by atoms with E-state index in [0.717, 1.165) is 16.1 Å². The van der Waals surface area contributed by atoms with E-state index in [9.17, 15) is 9.59 Å². The number of aromatic nitrogens is 3. The number of rotatable bonds is 6. The topological polar surface area (TPSA) is 102 Å². The number of nitrogens with one attached hydrogen (secondary N) is 1. The molecule has 0 aliphatic carbocycles. The van der Waals surface area contributed by atoms with Crippen molar-refractivity contribution in [2.45, 2.75) is 13.3 Å². The predicted octanol–water partition coefficient (Wildman–Crippen LogP) is 4.10. The Hall–Kier alpha value is -4.37. The van der Waals surface area contributed by atoms with Gasteiger partial charge in [0.05, 0.1) is 34.6 Å². The van der Waals surface area contributed by atoms with Gasteiger partial charge in [-0.05, 0) is 31.2 Å². The van der Waals surface area contributed by atoms with Crippen LogP contribution in [0.5, 0.6) is 0 Å². The van der Waals surface area contributed by atoms with Gasteiger partial charge in [-0.15, -0.1) is 11.3 Å². The highest BCUT2D eigenvalue weighted by atomic mass is 32.1. The van der Waals surface area contributed by atoms with E-state index in [0.29, 0.717) is 28.1 Å². The van der Waals surface area contributed by atoms with Crippen LogP contribution in [-0.2, 0) is 11.2 Å². The van der Waals surface area contributed by atoms with Crippen LogP contribution in [0.4, 0.5) is 0 Å². The van der Waals surface area contributed by atoms with Crippen LogP contribution in [0.3, 0.4) is 0 Å². The highest BCUT2D eigenvalue weighted by Gasteiger charge is 2.16. The van der Waals surface area contributed by atoms with Crippen molar-refractivity contribution in [2.24, 2.45) is 5.10 Å². The molecule has 0 bridgehead atoms. The molecule has 8 nitrogen and oxygen atoms in total. The summed E-state index contributed by atoms with van der Waals surface area (Å²) >= 11 is 1.49. The van der Waals surface area contributed by atoms with Crippen molar-refractivity contribution in [1.82, 2.24) is 20.2 Å². The second-order valence-corrected chi connectivity index (χ2v) is 8.59. The number of fused-ring (bicyclic) bond motifs is 1. The minimum Gasteiger partial charge on any atom is -0.422 e. The Morgan fingerprint density at radius 1 is 1.18 bits per heavy atom. The summed E-state index contributed by atoms with van der Waals surface area (Å²) in [5.41, 5.74) is 5.28. The largest absolute Gasteiger partial charge is 0.422 e. The van der Waals surface area contributed by atoms with Gasteiger partial charge in [0.2, 0.25) is 5.91 Å². The van der Waals surface area contributed by atoms with Gasteiger partial charge >= 0.3 is 5.63 Å². The van der Waals surface area contributed by atoms with Crippen LogP contribution in [0.15, 0.2) is 86.6 Å². The molecule has 34 heavy (non-hydrogen) atoms. The maximum Gasteiger partial charge on any atom is 0.345 e. The number of benzene rings is 2. The summed E-state index contributed by atoms with van der Waals surface area (Å²) in [5, 5.41) is 12.3.